The molecule has 1 fully saturated rings. The van der Waals surface area contributed by atoms with Gasteiger partial charge in [-0.15, -0.1) is 0 Å². The highest BCUT2D eigenvalue weighted by molar-refractivity contribution is 7.89. The van der Waals surface area contributed by atoms with Crippen molar-refractivity contribution in [2.45, 2.75) is 11.4 Å². The van der Waals surface area contributed by atoms with Gasteiger partial charge >= 0.3 is 0 Å². The quantitative estimate of drug-likeness (QED) is 0.736. The number of sulfonamides is 1. The number of nitrogens with one attached hydrogen (secondary N) is 1. The summed E-state index contributed by atoms with van der Waals surface area (Å²) in [4.78, 5) is 1.65. The van der Waals surface area contributed by atoms with Gasteiger partial charge in [-0.1, -0.05) is 42.5 Å². The predicted octanol–water partition coefficient (Wildman–Crippen LogP) is 1.80. The van der Waals surface area contributed by atoms with Crippen LogP contribution in [-0.4, -0.2) is 38.9 Å². The first kappa shape index (κ1) is 18.6. The molecule has 6 heteroatoms. The summed E-state index contributed by atoms with van der Waals surface area (Å²) in [6, 6.07) is 22.9. The highest BCUT2D eigenvalue weighted by Crippen LogP contribution is 2.19. The van der Waals surface area contributed by atoms with Crippen molar-refractivity contribution in [3.63, 3.8) is 0 Å². The fourth-order valence-electron chi connectivity index (χ4n) is 3.79. The zero-order valence-corrected chi connectivity index (χ0v) is 16.3. The topological polar surface area (TPSA) is 65.6 Å². The Balaban J connectivity index is 1.45. The summed E-state index contributed by atoms with van der Waals surface area (Å²) in [5.41, 5.74) is 1.76. The molecule has 0 radical (unpaired) electrons. The van der Waals surface area contributed by atoms with E-state index in [0.29, 0.717) is 18.7 Å². The van der Waals surface area contributed by atoms with Crippen LogP contribution in [-0.2, 0) is 16.6 Å². The second kappa shape index (κ2) is 7.72. The van der Waals surface area contributed by atoms with E-state index in [4.69, 9.17) is 5.26 Å². The number of fused-ring (bicyclic) bond motifs is 1. The highest BCUT2D eigenvalue weighted by Gasteiger charge is 2.30. The minimum Gasteiger partial charge on any atom is -0.329 e. The van der Waals surface area contributed by atoms with E-state index in [1.807, 2.05) is 12.1 Å². The number of hydrogen-bond donors (Lipinski definition) is 1. The van der Waals surface area contributed by atoms with Crippen molar-refractivity contribution in [2.24, 2.45) is 0 Å². The van der Waals surface area contributed by atoms with Gasteiger partial charge in [-0.05, 0) is 35.0 Å². The van der Waals surface area contributed by atoms with E-state index in [9.17, 15) is 8.42 Å². The standard InChI is InChI=1S/C22H21N3O2S/c23-16-18-8-10-21(11-9-18)28(26,27)25-14-12-24(13-15-25)17-20-6-3-5-19-4-1-2-7-22(19)20/h1-11H,12-15,17H2/p+1. The third-order valence-corrected chi connectivity index (χ3v) is 7.28. The molecule has 1 N–H and O–H groups in total. The van der Waals surface area contributed by atoms with Gasteiger partial charge in [0.05, 0.1) is 42.7 Å². The second-order valence-electron chi connectivity index (χ2n) is 7.11. The van der Waals surface area contributed by atoms with Gasteiger partial charge in [0.1, 0.15) is 6.54 Å². The first-order chi connectivity index (χ1) is 13.6. The maximum absolute atomic E-state index is 12.9. The van der Waals surface area contributed by atoms with Crippen LogP contribution in [0.5, 0.6) is 0 Å². The number of hydrogen-bond acceptors (Lipinski definition) is 3. The molecule has 1 saturated heterocycles. The lowest BCUT2D eigenvalue weighted by Crippen LogP contribution is -3.13. The maximum atomic E-state index is 12.9. The summed E-state index contributed by atoms with van der Waals surface area (Å²) in [6.07, 6.45) is 0. The molecule has 3 aromatic carbocycles. The van der Waals surface area contributed by atoms with Crippen LogP contribution in [0, 0.1) is 11.3 Å². The zero-order valence-electron chi connectivity index (χ0n) is 15.5. The van der Waals surface area contributed by atoms with E-state index >= 15 is 0 Å². The molecule has 0 saturated carbocycles. The number of nitrogens with zero attached hydrogens (tertiary/aromatic N) is 2. The fraction of sp³-hybridized carbons (Fsp3) is 0.227. The van der Waals surface area contributed by atoms with Crippen molar-refractivity contribution in [1.29, 1.82) is 5.26 Å². The fourth-order valence-corrected chi connectivity index (χ4v) is 5.23. The Morgan fingerprint density at radius 1 is 0.929 bits per heavy atom. The Morgan fingerprint density at radius 2 is 1.61 bits per heavy atom. The Kier molecular flexibility index (Phi) is 5.14. The molecule has 4 rings (SSSR count). The minimum atomic E-state index is -3.51. The summed E-state index contributed by atoms with van der Waals surface area (Å²) < 4.78 is 27.3. The third kappa shape index (κ3) is 3.65. The molecule has 0 aromatic heterocycles. The molecule has 142 valence electrons. The van der Waals surface area contributed by atoms with E-state index < -0.39 is 10.0 Å². The molecular weight excluding hydrogens is 370 g/mol. The molecule has 0 unspecified atom stereocenters. The Labute approximate surface area is 165 Å². The lowest BCUT2D eigenvalue weighted by molar-refractivity contribution is -0.917. The molecule has 3 aromatic rings. The summed E-state index contributed by atoms with van der Waals surface area (Å²) in [6.45, 7) is 3.45. The van der Waals surface area contributed by atoms with Crippen LogP contribution in [0.4, 0.5) is 0 Å². The predicted molar refractivity (Wildman–Crippen MR) is 108 cm³/mol. The van der Waals surface area contributed by atoms with Gasteiger partial charge in [0.15, 0.2) is 0 Å². The average Bonchev–Trinajstić information content (AvgIpc) is 2.74. The number of benzene rings is 3. The van der Waals surface area contributed by atoms with Crippen molar-refractivity contribution in [2.75, 3.05) is 26.2 Å². The van der Waals surface area contributed by atoms with Crippen LogP contribution < -0.4 is 4.90 Å². The maximum Gasteiger partial charge on any atom is 0.243 e. The molecule has 5 nitrogen and oxygen atoms in total. The van der Waals surface area contributed by atoms with E-state index in [0.717, 1.165) is 19.6 Å². The van der Waals surface area contributed by atoms with E-state index in [2.05, 4.69) is 36.4 Å². The van der Waals surface area contributed by atoms with E-state index in [1.54, 1.807) is 16.4 Å². The van der Waals surface area contributed by atoms with Gasteiger partial charge in [-0.25, -0.2) is 8.42 Å². The molecule has 1 aliphatic heterocycles. The lowest BCUT2D eigenvalue weighted by atomic mass is 10.0. The van der Waals surface area contributed by atoms with Gasteiger partial charge < -0.3 is 4.90 Å². The van der Waals surface area contributed by atoms with Gasteiger partial charge in [0.25, 0.3) is 0 Å². The third-order valence-electron chi connectivity index (χ3n) is 5.37. The van der Waals surface area contributed by atoms with Crippen LogP contribution in [0.25, 0.3) is 10.8 Å². The zero-order chi connectivity index (χ0) is 19.6. The first-order valence-electron chi connectivity index (χ1n) is 9.38. The van der Waals surface area contributed by atoms with Crippen LogP contribution >= 0.6 is 0 Å². The Morgan fingerprint density at radius 3 is 2.32 bits per heavy atom. The van der Waals surface area contributed by atoms with Crippen LogP contribution in [0.1, 0.15) is 11.1 Å². The molecule has 1 heterocycles. The normalized spacial score (nSPS) is 16.1. The summed E-state index contributed by atoms with van der Waals surface area (Å²) >= 11 is 0. The molecule has 1 aliphatic rings. The largest absolute Gasteiger partial charge is 0.329 e. The summed E-state index contributed by atoms with van der Waals surface area (Å²) in [5, 5.41) is 11.4. The number of piperazine rings is 1. The van der Waals surface area contributed by atoms with Crippen molar-refractivity contribution in [3.8, 4) is 6.07 Å². The smallest absolute Gasteiger partial charge is 0.243 e. The van der Waals surface area contributed by atoms with Gasteiger partial charge in [0, 0.05) is 5.56 Å². The van der Waals surface area contributed by atoms with Gasteiger partial charge in [0.2, 0.25) is 10.0 Å². The molecule has 28 heavy (non-hydrogen) atoms. The van der Waals surface area contributed by atoms with Crippen molar-refractivity contribution >= 4 is 20.8 Å². The number of rotatable bonds is 4. The van der Waals surface area contributed by atoms with Crippen LogP contribution in [0.15, 0.2) is 71.6 Å². The Bertz CT molecular complexity index is 1120. The van der Waals surface area contributed by atoms with E-state index in [-0.39, 0.29) is 4.90 Å². The molecule has 0 aliphatic carbocycles. The summed E-state index contributed by atoms with van der Waals surface area (Å²) in [7, 11) is -3.51. The lowest BCUT2D eigenvalue weighted by Gasteiger charge is -2.31. The highest BCUT2D eigenvalue weighted by atomic mass is 32.2. The van der Waals surface area contributed by atoms with Crippen molar-refractivity contribution in [3.05, 3.63) is 77.9 Å². The molecule has 0 bridgehead atoms. The summed E-state index contributed by atoms with van der Waals surface area (Å²) in [5.74, 6) is 0. The molecular formula is C22H22N3O2S+. The van der Waals surface area contributed by atoms with E-state index in [1.165, 1.54) is 33.4 Å². The minimum absolute atomic E-state index is 0.254. The monoisotopic (exact) mass is 392 g/mol. The second-order valence-corrected chi connectivity index (χ2v) is 9.04. The number of quaternary nitrogens is 1. The van der Waals surface area contributed by atoms with Crippen molar-refractivity contribution < 1.29 is 13.3 Å². The molecule has 0 atom stereocenters. The molecule has 0 amide bonds. The van der Waals surface area contributed by atoms with Crippen molar-refractivity contribution in [1.82, 2.24) is 4.31 Å². The Hall–Kier alpha value is -2.72. The average molecular weight is 393 g/mol. The first-order valence-corrected chi connectivity index (χ1v) is 10.8. The number of nitriles is 1. The van der Waals surface area contributed by atoms with Crippen LogP contribution in [0.2, 0.25) is 0 Å². The van der Waals surface area contributed by atoms with Crippen LogP contribution in [0.3, 0.4) is 0 Å². The van der Waals surface area contributed by atoms with Gasteiger partial charge in [-0.3, -0.25) is 0 Å². The van der Waals surface area contributed by atoms with Gasteiger partial charge in [-0.2, -0.15) is 9.57 Å². The SMILES string of the molecule is N#Cc1ccc(S(=O)(=O)N2CC[NH+](Cc3cccc4ccccc34)CC2)cc1. The molecule has 0 spiro atoms.